The number of aryl methyl sites for hydroxylation is 2. The number of carbonyl (C=O) groups is 3. The van der Waals surface area contributed by atoms with E-state index in [9.17, 15) is 14.4 Å². The van der Waals surface area contributed by atoms with E-state index in [2.05, 4.69) is 4.98 Å². The standard InChI is InChI=1S/C15H21NO6/c1-5-20-8-12(18)22-7-11(17)13-9(3)16-10(4)14(13)15(19)21-6-2/h16H,5-8H2,1-4H3. The van der Waals surface area contributed by atoms with Gasteiger partial charge in [0.2, 0.25) is 5.78 Å². The first kappa shape index (κ1) is 17.9. The highest BCUT2D eigenvalue weighted by Crippen LogP contribution is 2.20. The van der Waals surface area contributed by atoms with Gasteiger partial charge in [0.1, 0.15) is 6.61 Å². The zero-order valence-electron chi connectivity index (χ0n) is 13.3. The van der Waals surface area contributed by atoms with Crippen LogP contribution in [0.15, 0.2) is 0 Å². The van der Waals surface area contributed by atoms with Gasteiger partial charge in [-0.05, 0) is 27.7 Å². The van der Waals surface area contributed by atoms with E-state index in [1.54, 1.807) is 27.7 Å². The molecule has 0 aliphatic heterocycles. The number of Topliss-reactive ketones (excluding diaryl/α,β-unsaturated/α-hetero) is 1. The summed E-state index contributed by atoms with van der Waals surface area (Å²) in [5.41, 5.74) is 1.46. The van der Waals surface area contributed by atoms with Gasteiger partial charge >= 0.3 is 11.9 Å². The van der Waals surface area contributed by atoms with Crippen LogP contribution < -0.4 is 0 Å². The number of ether oxygens (including phenoxy) is 3. The molecule has 22 heavy (non-hydrogen) atoms. The fraction of sp³-hybridized carbons (Fsp3) is 0.533. The lowest BCUT2D eigenvalue weighted by atomic mass is 10.1. The molecular weight excluding hydrogens is 290 g/mol. The normalized spacial score (nSPS) is 10.4. The highest BCUT2D eigenvalue weighted by atomic mass is 16.6. The van der Waals surface area contributed by atoms with Gasteiger partial charge < -0.3 is 19.2 Å². The Morgan fingerprint density at radius 3 is 2.14 bits per heavy atom. The molecule has 0 aliphatic rings. The maximum absolute atomic E-state index is 12.2. The first-order valence-corrected chi connectivity index (χ1v) is 7.05. The van der Waals surface area contributed by atoms with Crippen molar-refractivity contribution in [2.45, 2.75) is 27.7 Å². The molecule has 7 nitrogen and oxygen atoms in total. The van der Waals surface area contributed by atoms with Crippen molar-refractivity contribution in [3.63, 3.8) is 0 Å². The maximum atomic E-state index is 12.2. The molecule has 1 heterocycles. The molecule has 0 aliphatic carbocycles. The minimum Gasteiger partial charge on any atom is -0.462 e. The van der Waals surface area contributed by atoms with Gasteiger partial charge in [0.15, 0.2) is 6.61 Å². The Hall–Kier alpha value is -2.15. The number of carbonyl (C=O) groups excluding carboxylic acids is 3. The maximum Gasteiger partial charge on any atom is 0.340 e. The molecule has 0 radical (unpaired) electrons. The van der Waals surface area contributed by atoms with E-state index in [4.69, 9.17) is 14.2 Å². The van der Waals surface area contributed by atoms with Crippen molar-refractivity contribution >= 4 is 17.7 Å². The predicted molar refractivity (Wildman–Crippen MR) is 78.0 cm³/mol. The zero-order valence-corrected chi connectivity index (χ0v) is 13.3. The molecule has 1 rings (SSSR count). The van der Waals surface area contributed by atoms with Crippen LogP contribution >= 0.6 is 0 Å². The van der Waals surface area contributed by atoms with E-state index in [-0.39, 0.29) is 24.3 Å². The average Bonchev–Trinajstić information content (AvgIpc) is 2.77. The van der Waals surface area contributed by atoms with Gasteiger partial charge in [0.05, 0.1) is 17.7 Å². The van der Waals surface area contributed by atoms with E-state index in [1.165, 1.54) is 0 Å². The van der Waals surface area contributed by atoms with E-state index < -0.39 is 24.3 Å². The van der Waals surface area contributed by atoms with Crippen LogP contribution in [0.2, 0.25) is 0 Å². The number of hydrogen-bond acceptors (Lipinski definition) is 6. The molecular formula is C15H21NO6. The summed E-state index contributed by atoms with van der Waals surface area (Å²) >= 11 is 0. The molecule has 0 unspecified atom stereocenters. The number of ketones is 1. The van der Waals surface area contributed by atoms with Gasteiger partial charge in [-0.3, -0.25) is 4.79 Å². The molecule has 1 aromatic heterocycles. The average molecular weight is 311 g/mol. The molecule has 0 atom stereocenters. The number of nitrogens with one attached hydrogen (secondary N) is 1. The zero-order chi connectivity index (χ0) is 16.7. The minimum atomic E-state index is -0.627. The molecule has 0 saturated carbocycles. The third-order valence-electron chi connectivity index (χ3n) is 2.92. The van der Waals surface area contributed by atoms with Crippen LogP contribution in [0.3, 0.4) is 0 Å². The topological polar surface area (TPSA) is 94.7 Å². The summed E-state index contributed by atoms with van der Waals surface area (Å²) in [6, 6.07) is 0. The Morgan fingerprint density at radius 2 is 1.55 bits per heavy atom. The van der Waals surface area contributed by atoms with E-state index in [0.29, 0.717) is 18.0 Å². The monoisotopic (exact) mass is 311 g/mol. The molecule has 7 heteroatoms. The van der Waals surface area contributed by atoms with Crippen molar-refractivity contribution in [3.05, 3.63) is 22.5 Å². The Bertz CT molecular complexity index is 561. The van der Waals surface area contributed by atoms with Crippen LogP contribution in [0.5, 0.6) is 0 Å². The largest absolute Gasteiger partial charge is 0.462 e. The smallest absolute Gasteiger partial charge is 0.340 e. The summed E-state index contributed by atoms with van der Waals surface area (Å²) in [6.07, 6.45) is 0. The highest BCUT2D eigenvalue weighted by Gasteiger charge is 2.25. The number of esters is 2. The fourth-order valence-electron chi connectivity index (χ4n) is 2.03. The third-order valence-corrected chi connectivity index (χ3v) is 2.92. The SMILES string of the molecule is CCOCC(=O)OCC(=O)c1c(C)[nH]c(C)c1C(=O)OCC. The van der Waals surface area contributed by atoms with Gasteiger partial charge in [-0.2, -0.15) is 0 Å². The van der Waals surface area contributed by atoms with Crippen LogP contribution in [0.1, 0.15) is 46.0 Å². The van der Waals surface area contributed by atoms with Crippen molar-refractivity contribution in [1.29, 1.82) is 0 Å². The lowest BCUT2D eigenvalue weighted by Crippen LogP contribution is -2.20. The lowest BCUT2D eigenvalue weighted by Gasteiger charge is -2.07. The van der Waals surface area contributed by atoms with Crippen LogP contribution in [0.4, 0.5) is 0 Å². The first-order chi connectivity index (χ1) is 10.4. The Balaban J connectivity index is 2.85. The molecule has 122 valence electrons. The quantitative estimate of drug-likeness (QED) is 0.578. The van der Waals surface area contributed by atoms with Gasteiger partial charge in [-0.1, -0.05) is 0 Å². The molecule has 0 amide bonds. The summed E-state index contributed by atoms with van der Waals surface area (Å²) in [5, 5.41) is 0. The predicted octanol–water partition coefficient (Wildman–Crippen LogP) is 1.57. The lowest BCUT2D eigenvalue weighted by molar-refractivity contribution is -0.147. The molecule has 0 saturated heterocycles. The van der Waals surface area contributed by atoms with Crippen LogP contribution in [-0.4, -0.2) is 49.1 Å². The number of H-pyrrole nitrogens is 1. The van der Waals surface area contributed by atoms with Crippen molar-refractivity contribution in [2.24, 2.45) is 0 Å². The van der Waals surface area contributed by atoms with Crippen molar-refractivity contribution in [3.8, 4) is 0 Å². The van der Waals surface area contributed by atoms with E-state index in [0.717, 1.165) is 0 Å². The van der Waals surface area contributed by atoms with Gasteiger partial charge in [0.25, 0.3) is 0 Å². The summed E-state index contributed by atoms with van der Waals surface area (Å²) in [5.74, 6) is -1.67. The minimum absolute atomic E-state index is 0.185. The second-order valence-electron chi connectivity index (χ2n) is 4.57. The molecule has 1 aromatic rings. The Labute approximate surface area is 128 Å². The number of hydrogen-bond donors (Lipinski definition) is 1. The van der Waals surface area contributed by atoms with Gasteiger partial charge in [-0.25, -0.2) is 9.59 Å². The second-order valence-corrected chi connectivity index (χ2v) is 4.57. The Kier molecular flexibility index (Phi) is 6.78. The van der Waals surface area contributed by atoms with Crippen LogP contribution in [0.25, 0.3) is 0 Å². The van der Waals surface area contributed by atoms with Crippen molar-refractivity contribution in [2.75, 3.05) is 26.4 Å². The summed E-state index contributed by atoms with van der Waals surface area (Å²) in [7, 11) is 0. The third kappa shape index (κ3) is 4.42. The highest BCUT2D eigenvalue weighted by molar-refractivity contribution is 6.09. The summed E-state index contributed by atoms with van der Waals surface area (Å²) in [6.45, 7) is 6.71. The summed E-state index contributed by atoms with van der Waals surface area (Å²) in [4.78, 5) is 38.5. The fourth-order valence-corrected chi connectivity index (χ4v) is 2.03. The van der Waals surface area contributed by atoms with Crippen molar-refractivity contribution in [1.82, 2.24) is 4.98 Å². The molecule has 0 fully saturated rings. The van der Waals surface area contributed by atoms with Crippen LogP contribution in [-0.2, 0) is 19.0 Å². The number of aromatic amines is 1. The van der Waals surface area contributed by atoms with E-state index >= 15 is 0 Å². The number of aromatic nitrogens is 1. The first-order valence-electron chi connectivity index (χ1n) is 7.05. The molecule has 1 N–H and O–H groups in total. The Morgan fingerprint density at radius 1 is 0.909 bits per heavy atom. The number of rotatable bonds is 8. The van der Waals surface area contributed by atoms with Crippen LogP contribution in [0, 0.1) is 13.8 Å². The van der Waals surface area contributed by atoms with E-state index in [1.807, 2.05) is 0 Å². The summed E-state index contributed by atoms with van der Waals surface area (Å²) < 4.78 is 14.7. The second kappa shape index (κ2) is 8.33. The molecule has 0 aromatic carbocycles. The molecule has 0 spiro atoms. The molecule has 0 bridgehead atoms. The van der Waals surface area contributed by atoms with Gasteiger partial charge in [0, 0.05) is 18.0 Å². The van der Waals surface area contributed by atoms with Crippen molar-refractivity contribution < 1.29 is 28.6 Å². The van der Waals surface area contributed by atoms with Gasteiger partial charge in [-0.15, -0.1) is 0 Å².